The van der Waals surface area contributed by atoms with Crippen LogP contribution < -0.4 is 5.32 Å². The number of hydrogen-bond acceptors (Lipinski definition) is 2. The van der Waals surface area contributed by atoms with Gasteiger partial charge >= 0.3 is 0 Å². The van der Waals surface area contributed by atoms with Crippen LogP contribution in [0.5, 0.6) is 0 Å². The van der Waals surface area contributed by atoms with Crippen LogP contribution in [0.2, 0.25) is 0 Å². The number of nitrogens with one attached hydrogen (secondary N) is 1. The molecule has 0 spiro atoms. The minimum Gasteiger partial charge on any atom is -0.334 e. The first kappa shape index (κ1) is 16.3. The normalized spacial score (nSPS) is 21.0. The highest BCUT2D eigenvalue weighted by Gasteiger charge is 2.35. The predicted octanol–water partition coefficient (Wildman–Crippen LogP) is 3.08. The van der Waals surface area contributed by atoms with Gasteiger partial charge < -0.3 is 10.2 Å². The Labute approximate surface area is 133 Å². The maximum absolute atomic E-state index is 12.9. The van der Waals surface area contributed by atoms with Gasteiger partial charge in [0.2, 0.25) is 0 Å². The molecule has 3 nitrogen and oxygen atoms in total. The van der Waals surface area contributed by atoms with Crippen molar-refractivity contribution in [3.63, 3.8) is 0 Å². The summed E-state index contributed by atoms with van der Waals surface area (Å²) in [5, 5.41) is 3.51. The molecule has 0 aromatic heterocycles. The molecule has 1 heterocycles. The van der Waals surface area contributed by atoms with Crippen molar-refractivity contribution in [2.75, 3.05) is 13.1 Å². The van der Waals surface area contributed by atoms with Crippen LogP contribution in [-0.4, -0.2) is 36.0 Å². The molecule has 1 aliphatic carbocycles. The second kappa shape index (κ2) is 6.80. The summed E-state index contributed by atoms with van der Waals surface area (Å²) in [4.78, 5) is 15.0. The van der Waals surface area contributed by atoms with Crippen molar-refractivity contribution < 1.29 is 4.79 Å². The first-order valence-corrected chi connectivity index (χ1v) is 7.77. The van der Waals surface area contributed by atoms with Crippen molar-refractivity contribution in [2.45, 2.75) is 51.6 Å². The van der Waals surface area contributed by atoms with Crippen LogP contribution in [0.3, 0.4) is 0 Å². The average molecular weight is 309 g/mol. The lowest BCUT2D eigenvalue weighted by molar-refractivity contribution is 0.0727. The molecular weight excluding hydrogens is 284 g/mol. The molecule has 21 heavy (non-hydrogen) atoms. The van der Waals surface area contributed by atoms with Crippen LogP contribution in [0, 0.1) is 13.8 Å². The van der Waals surface area contributed by atoms with E-state index in [0.717, 1.165) is 24.2 Å². The van der Waals surface area contributed by atoms with Gasteiger partial charge in [-0.15, -0.1) is 12.4 Å². The number of nitrogens with zero attached hydrogens (tertiary/aromatic N) is 1. The number of amides is 1. The molecule has 1 amide bonds. The van der Waals surface area contributed by atoms with E-state index in [2.05, 4.69) is 30.1 Å². The monoisotopic (exact) mass is 308 g/mol. The molecule has 3 rings (SSSR count). The third-order valence-corrected chi connectivity index (χ3v) is 4.66. The van der Waals surface area contributed by atoms with Gasteiger partial charge in [-0.25, -0.2) is 0 Å². The van der Waals surface area contributed by atoms with Crippen molar-refractivity contribution >= 4 is 18.3 Å². The molecule has 0 bridgehead atoms. The molecule has 4 heteroatoms. The van der Waals surface area contributed by atoms with Gasteiger partial charge in [-0.05, 0) is 63.3 Å². The van der Waals surface area contributed by atoms with E-state index in [1.54, 1.807) is 0 Å². The van der Waals surface area contributed by atoms with Crippen molar-refractivity contribution in [2.24, 2.45) is 0 Å². The Hall–Kier alpha value is -1.06. The van der Waals surface area contributed by atoms with E-state index in [-0.39, 0.29) is 18.3 Å². The van der Waals surface area contributed by atoms with Gasteiger partial charge in [-0.1, -0.05) is 12.1 Å². The van der Waals surface area contributed by atoms with Gasteiger partial charge in [-0.2, -0.15) is 0 Å². The van der Waals surface area contributed by atoms with E-state index in [9.17, 15) is 4.79 Å². The van der Waals surface area contributed by atoms with Gasteiger partial charge in [0.25, 0.3) is 5.91 Å². The first-order valence-electron chi connectivity index (χ1n) is 7.77. The molecule has 1 aliphatic heterocycles. The van der Waals surface area contributed by atoms with Crippen molar-refractivity contribution in [3.8, 4) is 0 Å². The Kier molecular flexibility index (Phi) is 5.28. The summed E-state index contributed by atoms with van der Waals surface area (Å²) in [5.41, 5.74) is 3.21. The van der Waals surface area contributed by atoms with E-state index in [4.69, 9.17) is 0 Å². The number of aryl methyl sites for hydroxylation is 1. The lowest BCUT2D eigenvalue weighted by Gasteiger charge is -2.26. The van der Waals surface area contributed by atoms with Crippen LogP contribution >= 0.6 is 12.4 Å². The standard InChI is InChI=1S/C17H24N2O.ClH/c1-12-5-3-7-16(13(12)2)17(20)19(15-8-9-15)11-14-6-4-10-18-14;/h3,5,7,14-15,18H,4,6,8-11H2,1-2H3;1H. The van der Waals surface area contributed by atoms with Gasteiger partial charge in [-0.3, -0.25) is 4.79 Å². The van der Waals surface area contributed by atoms with Crippen LogP contribution in [-0.2, 0) is 0 Å². The van der Waals surface area contributed by atoms with Crippen molar-refractivity contribution in [1.29, 1.82) is 0 Å². The highest BCUT2D eigenvalue weighted by atomic mass is 35.5. The van der Waals surface area contributed by atoms with Crippen LogP contribution in [0.25, 0.3) is 0 Å². The Balaban J connectivity index is 0.00000161. The highest BCUT2D eigenvalue weighted by molar-refractivity contribution is 5.96. The Bertz CT molecular complexity index is 508. The van der Waals surface area contributed by atoms with Crippen molar-refractivity contribution in [3.05, 3.63) is 34.9 Å². The number of carbonyl (C=O) groups is 1. The van der Waals surface area contributed by atoms with E-state index in [1.165, 1.54) is 31.2 Å². The number of halogens is 1. The van der Waals surface area contributed by atoms with Gasteiger partial charge in [0.15, 0.2) is 0 Å². The van der Waals surface area contributed by atoms with Gasteiger partial charge in [0.1, 0.15) is 0 Å². The molecule has 1 saturated carbocycles. The minimum atomic E-state index is 0. The third-order valence-electron chi connectivity index (χ3n) is 4.66. The molecule has 2 aliphatic rings. The summed E-state index contributed by atoms with van der Waals surface area (Å²) >= 11 is 0. The molecule has 1 N–H and O–H groups in total. The maximum atomic E-state index is 12.9. The Morgan fingerprint density at radius 3 is 2.67 bits per heavy atom. The van der Waals surface area contributed by atoms with Gasteiger partial charge in [0.05, 0.1) is 0 Å². The summed E-state index contributed by atoms with van der Waals surface area (Å²) in [7, 11) is 0. The van der Waals surface area contributed by atoms with Crippen LogP contribution in [0.1, 0.15) is 47.2 Å². The largest absolute Gasteiger partial charge is 0.334 e. The summed E-state index contributed by atoms with van der Waals surface area (Å²) < 4.78 is 0. The van der Waals surface area contributed by atoms with E-state index in [1.807, 2.05) is 12.1 Å². The third kappa shape index (κ3) is 3.58. The van der Waals surface area contributed by atoms with E-state index >= 15 is 0 Å². The molecule has 1 unspecified atom stereocenters. The van der Waals surface area contributed by atoms with E-state index in [0.29, 0.717) is 12.1 Å². The molecule has 2 fully saturated rings. The molecule has 1 aromatic rings. The summed E-state index contributed by atoms with van der Waals surface area (Å²) in [5.74, 6) is 0.224. The second-order valence-electron chi connectivity index (χ2n) is 6.23. The minimum absolute atomic E-state index is 0. The van der Waals surface area contributed by atoms with Crippen molar-refractivity contribution in [1.82, 2.24) is 10.2 Å². The topological polar surface area (TPSA) is 32.3 Å². The van der Waals surface area contributed by atoms with Gasteiger partial charge in [0, 0.05) is 24.2 Å². The highest BCUT2D eigenvalue weighted by Crippen LogP contribution is 2.30. The smallest absolute Gasteiger partial charge is 0.254 e. The molecule has 1 aromatic carbocycles. The number of rotatable bonds is 4. The zero-order valence-electron chi connectivity index (χ0n) is 12.9. The number of hydrogen-bond donors (Lipinski definition) is 1. The molecule has 116 valence electrons. The first-order chi connectivity index (χ1) is 9.66. The summed E-state index contributed by atoms with van der Waals surface area (Å²) in [6.07, 6.45) is 4.77. The summed E-state index contributed by atoms with van der Waals surface area (Å²) in [6.45, 7) is 6.10. The van der Waals surface area contributed by atoms with Crippen LogP contribution in [0.15, 0.2) is 18.2 Å². The molecule has 1 saturated heterocycles. The second-order valence-corrected chi connectivity index (χ2v) is 6.23. The molecule has 1 atom stereocenters. The zero-order chi connectivity index (χ0) is 14.1. The maximum Gasteiger partial charge on any atom is 0.254 e. The fraction of sp³-hybridized carbons (Fsp3) is 0.588. The molecule has 0 radical (unpaired) electrons. The quantitative estimate of drug-likeness (QED) is 0.927. The Morgan fingerprint density at radius 1 is 1.29 bits per heavy atom. The lowest BCUT2D eigenvalue weighted by Crippen LogP contribution is -2.42. The fourth-order valence-corrected chi connectivity index (χ4v) is 3.07. The SMILES string of the molecule is Cc1cccc(C(=O)N(CC2CCCN2)C2CC2)c1C.Cl. The number of carbonyl (C=O) groups excluding carboxylic acids is 1. The lowest BCUT2D eigenvalue weighted by atomic mass is 10.0. The van der Waals surface area contributed by atoms with Crippen LogP contribution in [0.4, 0.5) is 0 Å². The average Bonchev–Trinajstić information content (AvgIpc) is 3.15. The van der Waals surface area contributed by atoms with E-state index < -0.39 is 0 Å². The summed E-state index contributed by atoms with van der Waals surface area (Å²) in [6, 6.07) is 7.01. The Morgan fingerprint density at radius 2 is 2.05 bits per heavy atom. The predicted molar refractivity (Wildman–Crippen MR) is 88.2 cm³/mol. The molecular formula is C17H25ClN2O. The fourth-order valence-electron chi connectivity index (χ4n) is 3.07. The number of benzene rings is 1. The zero-order valence-corrected chi connectivity index (χ0v) is 13.7.